The van der Waals surface area contributed by atoms with Crippen LogP contribution < -0.4 is 11.1 Å². The number of imidazole rings is 1. The van der Waals surface area contributed by atoms with Crippen LogP contribution in [-0.2, 0) is 11.2 Å². The molecule has 0 aliphatic rings. The van der Waals surface area contributed by atoms with Crippen LogP contribution >= 0.6 is 0 Å². The first-order chi connectivity index (χ1) is 15.0. The molecular weight excluding hydrogens is 392 g/mol. The minimum absolute atomic E-state index is 0.503. The topological polar surface area (TPSA) is 106 Å². The number of hydrogen-bond donors (Lipinski definition) is 3. The number of carbonyl (C=O) groups is 1. The van der Waals surface area contributed by atoms with Crippen LogP contribution in [0.5, 0.6) is 0 Å². The molecule has 4 aromatic rings. The van der Waals surface area contributed by atoms with Gasteiger partial charge in [-0.15, -0.1) is 0 Å². The highest BCUT2D eigenvalue weighted by atomic mass is 16.5. The van der Waals surface area contributed by atoms with Gasteiger partial charge in [0, 0.05) is 30.4 Å². The first-order valence-electron chi connectivity index (χ1n) is 10.2. The van der Waals surface area contributed by atoms with E-state index in [1.165, 1.54) is 6.92 Å². The quantitative estimate of drug-likeness (QED) is 0.223. The summed E-state index contributed by atoms with van der Waals surface area (Å²) in [4.78, 5) is 13.2. The predicted molar refractivity (Wildman–Crippen MR) is 127 cm³/mol. The van der Waals surface area contributed by atoms with Gasteiger partial charge in [0.2, 0.25) is 0 Å². The molecule has 0 saturated carbocycles. The molecule has 166 valence electrons. The monoisotopic (exact) mass is 424 g/mol. The van der Waals surface area contributed by atoms with Crippen molar-refractivity contribution in [2.45, 2.75) is 34.1 Å². The standard InChI is InChI=1S/C14H14N4O.C6H8O.C2H4O.C2H6/c1-16-11-5-2-9(3-6-11)14-17-12-7-4-10(15)8-13(12)18(14)19;1-2-6-4-3-5-7-6;1-2-3;1-2/h2-8,16,19H,15H2,1H3;3-5H,2H2,1H3;2H,1H3;1-2H3. The zero-order chi connectivity index (χ0) is 23.2. The van der Waals surface area contributed by atoms with Gasteiger partial charge in [0.1, 0.15) is 17.6 Å². The molecule has 4 N–H and O–H groups in total. The van der Waals surface area contributed by atoms with Crippen LogP contribution in [0.2, 0.25) is 0 Å². The predicted octanol–water partition coefficient (Wildman–Crippen LogP) is 5.64. The van der Waals surface area contributed by atoms with Gasteiger partial charge in [0.25, 0.3) is 0 Å². The molecule has 2 heterocycles. The molecule has 0 fully saturated rings. The Balaban J connectivity index is 0.000000333. The van der Waals surface area contributed by atoms with Crippen LogP contribution in [0.4, 0.5) is 11.4 Å². The zero-order valence-electron chi connectivity index (χ0n) is 18.8. The minimum Gasteiger partial charge on any atom is -0.469 e. The van der Waals surface area contributed by atoms with E-state index in [4.69, 9.17) is 14.9 Å². The molecule has 7 nitrogen and oxygen atoms in total. The molecule has 0 bridgehead atoms. The first-order valence-corrected chi connectivity index (χ1v) is 10.2. The zero-order valence-corrected chi connectivity index (χ0v) is 18.8. The van der Waals surface area contributed by atoms with Gasteiger partial charge in [-0.3, -0.25) is 0 Å². The number of benzene rings is 2. The van der Waals surface area contributed by atoms with Gasteiger partial charge < -0.3 is 25.5 Å². The van der Waals surface area contributed by atoms with Crippen LogP contribution in [-0.4, -0.2) is 28.3 Å². The molecule has 31 heavy (non-hydrogen) atoms. The van der Waals surface area contributed by atoms with Gasteiger partial charge in [-0.05, 0) is 61.5 Å². The van der Waals surface area contributed by atoms with E-state index in [0.717, 1.165) is 34.4 Å². The summed E-state index contributed by atoms with van der Waals surface area (Å²) in [7, 11) is 1.86. The van der Waals surface area contributed by atoms with Gasteiger partial charge in [-0.2, -0.15) is 4.73 Å². The van der Waals surface area contributed by atoms with E-state index < -0.39 is 0 Å². The van der Waals surface area contributed by atoms with Gasteiger partial charge in [0.05, 0.1) is 11.8 Å². The maximum atomic E-state index is 10.2. The molecule has 0 amide bonds. The number of aromatic nitrogens is 2. The van der Waals surface area contributed by atoms with E-state index in [9.17, 15) is 5.21 Å². The molecule has 7 heteroatoms. The molecule has 0 unspecified atom stereocenters. The Hall–Kier alpha value is -3.74. The van der Waals surface area contributed by atoms with Crippen LogP contribution in [0.1, 0.15) is 33.5 Å². The number of nitrogens with two attached hydrogens (primary N) is 1. The molecule has 2 aromatic heterocycles. The molecule has 0 radical (unpaired) electrons. The van der Waals surface area contributed by atoms with Crippen molar-refractivity contribution in [2.24, 2.45) is 0 Å². The number of furan rings is 1. The van der Waals surface area contributed by atoms with E-state index in [-0.39, 0.29) is 0 Å². The van der Waals surface area contributed by atoms with Gasteiger partial charge in [-0.25, -0.2) is 4.98 Å². The number of nitrogen functional groups attached to an aromatic ring is 1. The minimum atomic E-state index is 0.503. The summed E-state index contributed by atoms with van der Waals surface area (Å²) in [6.45, 7) is 7.51. The fourth-order valence-corrected chi connectivity index (χ4v) is 2.57. The van der Waals surface area contributed by atoms with Crippen molar-refractivity contribution in [3.8, 4) is 11.4 Å². The van der Waals surface area contributed by atoms with E-state index in [0.29, 0.717) is 22.5 Å². The Morgan fingerprint density at radius 3 is 2.29 bits per heavy atom. The van der Waals surface area contributed by atoms with Crippen molar-refractivity contribution < 1.29 is 14.4 Å². The molecular formula is C24H32N4O3. The highest BCUT2D eigenvalue weighted by Crippen LogP contribution is 2.25. The van der Waals surface area contributed by atoms with E-state index >= 15 is 0 Å². The van der Waals surface area contributed by atoms with Crippen LogP contribution in [0.25, 0.3) is 22.4 Å². The highest BCUT2D eigenvalue weighted by molar-refractivity contribution is 5.83. The van der Waals surface area contributed by atoms with Crippen molar-refractivity contribution in [3.05, 3.63) is 66.6 Å². The van der Waals surface area contributed by atoms with Crippen molar-refractivity contribution in [2.75, 3.05) is 18.1 Å². The summed E-state index contributed by atoms with van der Waals surface area (Å²) in [5.74, 6) is 1.56. The summed E-state index contributed by atoms with van der Waals surface area (Å²) < 4.78 is 6.05. The Morgan fingerprint density at radius 1 is 1.16 bits per heavy atom. The maximum absolute atomic E-state index is 10.2. The van der Waals surface area contributed by atoms with Crippen molar-refractivity contribution in [1.82, 2.24) is 9.71 Å². The molecule has 0 atom stereocenters. The molecule has 0 aliphatic carbocycles. The molecule has 4 rings (SSSR count). The number of rotatable bonds is 3. The number of aryl methyl sites for hydroxylation is 1. The second kappa shape index (κ2) is 13.5. The normalized spacial score (nSPS) is 9.32. The van der Waals surface area contributed by atoms with E-state index in [1.54, 1.807) is 24.5 Å². The number of anilines is 2. The summed E-state index contributed by atoms with van der Waals surface area (Å²) in [5, 5.41) is 13.2. The number of fused-ring (bicyclic) bond motifs is 1. The van der Waals surface area contributed by atoms with Crippen molar-refractivity contribution in [3.63, 3.8) is 0 Å². The highest BCUT2D eigenvalue weighted by Gasteiger charge is 2.11. The van der Waals surface area contributed by atoms with Crippen molar-refractivity contribution in [1.29, 1.82) is 0 Å². The smallest absolute Gasteiger partial charge is 0.176 e. The van der Waals surface area contributed by atoms with Crippen molar-refractivity contribution >= 4 is 28.7 Å². The third-order valence-corrected chi connectivity index (χ3v) is 4.01. The summed E-state index contributed by atoms with van der Waals surface area (Å²) in [5.41, 5.74) is 9.48. The number of nitrogens with one attached hydrogen (secondary N) is 1. The lowest BCUT2D eigenvalue weighted by atomic mass is 10.2. The van der Waals surface area contributed by atoms with E-state index in [1.807, 2.05) is 57.3 Å². The number of hydrogen-bond acceptors (Lipinski definition) is 6. The third-order valence-electron chi connectivity index (χ3n) is 4.01. The Kier molecular flexibility index (Phi) is 11.0. The fraction of sp³-hybridized carbons (Fsp3) is 0.250. The first kappa shape index (κ1) is 25.3. The van der Waals surface area contributed by atoms with Crippen LogP contribution in [0, 0.1) is 0 Å². The number of carbonyl (C=O) groups excluding carboxylic acids is 1. The fourth-order valence-electron chi connectivity index (χ4n) is 2.57. The Bertz CT molecular complexity index is 1020. The van der Waals surface area contributed by atoms with Crippen LogP contribution in [0.3, 0.4) is 0 Å². The summed E-state index contributed by atoms with van der Waals surface area (Å²) in [6.07, 6.45) is 3.44. The summed E-state index contributed by atoms with van der Waals surface area (Å²) in [6, 6.07) is 16.8. The molecule has 0 saturated heterocycles. The Morgan fingerprint density at radius 2 is 1.81 bits per heavy atom. The largest absolute Gasteiger partial charge is 0.469 e. The molecule has 2 aromatic carbocycles. The molecule has 0 aliphatic heterocycles. The van der Waals surface area contributed by atoms with Gasteiger partial charge in [-0.1, -0.05) is 20.8 Å². The lowest BCUT2D eigenvalue weighted by Crippen LogP contribution is -1.95. The van der Waals surface area contributed by atoms with Gasteiger partial charge in [0.15, 0.2) is 5.82 Å². The maximum Gasteiger partial charge on any atom is 0.176 e. The lowest BCUT2D eigenvalue weighted by molar-refractivity contribution is -0.106. The average Bonchev–Trinajstić information content (AvgIpc) is 3.45. The van der Waals surface area contributed by atoms with Gasteiger partial charge >= 0.3 is 0 Å². The Labute approximate surface area is 183 Å². The SMILES string of the molecule is CC.CC=O.CCc1ccco1.CNc1ccc(-c2nc3ccc(N)cc3n2O)cc1. The second-order valence-corrected chi connectivity index (χ2v) is 5.99. The average molecular weight is 425 g/mol. The lowest BCUT2D eigenvalue weighted by Gasteiger charge is -2.03. The number of nitrogens with zero attached hydrogens (tertiary/aromatic N) is 2. The second-order valence-electron chi connectivity index (χ2n) is 5.99. The molecule has 0 spiro atoms. The summed E-state index contributed by atoms with van der Waals surface area (Å²) >= 11 is 0. The number of aldehydes is 1. The van der Waals surface area contributed by atoms with Crippen LogP contribution in [0.15, 0.2) is 65.3 Å². The van der Waals surface area contributed by atoms with E-state index in [2.05, 4.69) is 17.2 Å². The third kappa shape index (κ3) is 7.22.